The Morgan fingerprint density at radius 3 is 2.31 bits per heavy atom. The quantitative estimate of drug-likeness (QED) is 0.684. The molecule has 4 heteroatoms. The van der Waals surface area contributed by atoms with Gasteiger partial charge in [0, 0.05) is 0 Å². The first-order chi connectivity index (χ1) is 6.25. The lowest BCUT2D eigenvalue weighted by Crippen LogP contribution is -2.08. The molecule has 0 saturated carbocycles. The molecule has 0 N–H and O–H groups in total. The van der Waals surface area contributed by atoms with Crippen molar-refractivity contribution in [3.05, 3.63) is 24.3 Å². The summed E-state index contributed by atoms with van der Waals surface area (Å²) in [5.41, 5.74) is 1.65. The van der Waals surface area contributed by atoms with Crippen LogP contribution in [-0.2, 0) is 11.3 Å². The van der Waals surface area contributed by atoms with Crippen molar-refractivity contribution in [3.63, 3.8) is 0 Å². The van der Waals surface area contributed by atoms with Crippen molar-refractivity contribution in [2.24, 2.45) is 0 Å². The van der Waals surface area contributed by atoms with E-state index in [1.165, 1.54) is 11.7 Å². The maximum absolute atomic E-state index is 10.8. The molecule has 0 unspecified atom stereocenters. The number of ketones is 1. The van der Waals surface area contributed by atoms with E-state index >= 15 is 0 Å². The Kier molecular flexibility index (Phi) is 1.81. The van der Waals surface area contributed by atoms with Gasteiger partial charge in [0.15, 0.2) is 5.78 Å². The molecule has 0 amide bonds. The molecule has 0 radical (unpaired) electrons. The minimum atomic E-state index is 0.0558. The molecule has 0 fully saturated rings. The second-order valence-corrected chi connectivity index (χ2v) is 2.92. The molecule has 2 aromatic rings. The van der Waals surface area contributed by atoms with Gasteiger partial charge in [0.05, 0.1) is 0 Å². The number of carbonyl (C=O) groups excluding carboxylic acids is 1. The highest BCUT2D eigenvalue weighted by Crippen LogP contribution is 2.06. The van der Waals surface area contributed by atoms with Crippen LogP contribution in [0.1, 0.15) is 6.92 Å². The molecule has 0 bridgehead atoms. The second kappa shape index (κ2) is 2.97. The smallest absolute Gasteiger partial charge is 0.153 e. The number of hydrogen-bond donors (Lipinski definition) is 0. The minimum absolute atomic E-state index is 0.0558. The van der Waals surface area contributed by atoms with Gasteiger partial charge in [0.1, 0.15) is 17.6 Å². The van der Waals surface area contributed by atoms with E-state index in [2.05, 4.69) is 10.2 Å². The molecule has 0 aliphatic heterocycles. The molecule has 1 heterocycles. The molecule has 0 atom stereocenters. The number of hydrogen-bond acceptors (Lipinski definition) is 3. The Balaban J connectivity index is 2.44. The number of fused-ring (bicyclic) bond motifs is 1. The van der Waals surface area contributed by atoms with E-state index in [0.29, 0.717) is 0 Å². The predicted molar refractivity (Wildman–Crippen MR) is 48.2 cm³/mol. The van der Waals surface area contributed by atoms with E-state index in [4.69, 9.17) is 0 Å². The Morgan fingerprint density at radius 2 is 1.85 bits per heavy atom. The van der Waals surface area contributed by atoms with Gasteiger partial charge in [-0.3, -0.25) is 4.79 Å². The van der Waals surface area contributed by atoms with Gasteiger partial charge in [-0.15, -0.1) is 0 Å². The summed E-state index contributed by atoms with van der Waals surface area (Å²) in [4.78, 5) is 12.2. The summed E-state index contributed by atoms with van der Waals surface area (Å²) < 4.78 is 0. The van der Waals surface area contributed by atoms with Gasteiger partial charge < -0.3 is 0 Å². The molecule has 2 rings (SSSR count). The molecule has 66 valence electrons. The van der Waals surface area contributed by atoms with Crippen LogP contribution in [0.15, 0.2) is 24.3 Å². The number of carbonyl (C=O) groups is 1. The minimum Gasteiger partial charge on any atom is -0.298 e. The fourth-order valence-electron chi connectivity index (χ4n) is 1.17. The molecule has 0 aliphatic rings. The van der Waals surface area contributed by atoms with Crippen LogP contribution in [0.25, 0.3) is 11.0 Å². The van der Waals surface area contributed by atoms with E-state index in [-0.39, 0.29) is 12.3 Å². The summed E-state index contributed by atoms with van der Waals surface area (Å²) in [6.07, 6.45) is 0. The van der Waals surface area contributed by atoms with Crippen molar-refractivity contribution in [1.82, 2.24) is 15.0 Å². The Labute approximate surface area is 75.2 Å². The number of benzene rings is 1. The van der Waals surface area contributed by atoms with Crippen LogP contribution in [0.3, 0.4) is 0 Å². The third-order valence-electron chi connectivity index (χ3n) is 1.69. The number of Topliss-reactive ketones (excluding diaryl/α,β-unsaturated/α-hetero) is 1. The van der Waals surface area contributed by atoms with E-state index in [1.54, 1.807) is 0 Å². The summed E-state index contributed by atoms with van der Waals surface area (Å²) in [5, 5.41) is 8.28. The van der Waals surface area contributed by atoms with E-state index in [9.17, 15) is 4.79 Å². The summed E-state index contributed by atoms with van der Waals surface area (Å²) in [6.45, 7) is 1.77. The topological polar surface area (TPSA) is 47.8 Å². The average molecular weight is 175 g/mol. The van der Waals surface area contributed by atoms with E-state index in [0.717, 1.165) is 11.0 Å². The van der Waals surface area contributed by atoms with Gasteiger partial charge in [-0.2, -0.15) is 15.0 Å². The lowest BCUT2D eigenvalue weighted by molar-refractivity contribution is -0.117. The third kappa shape index (κ3) is 1.56. The number of aromatic nitrogens is 3. The molecule has 1 aromatic carbocycles. The molecule has 0 saturated heterocycles. The Hall–Kier alpha value is -1.71. The molecule has 13 heavy (non-hydrogen) atoms. The Morgan fingerprint density at radius 1 is 1.31 bits per heavy atom. The monoisotopic (exact) mass is 175 g/mol. The first kappa shape index (κ1) is 7.91. The van der Waals surface area contributed by atoms with Crippen LogP contribution >= 0.6 is 0 Å². The first-order valence-corrected chi connectivity index (χ1v) is 4.05. The van der Waals surface area contributed by atoms with Gasteiger partial charge in [-0.05, 0) is 19.1 Å². The third-order valence-corrected chi connectivity index (χ3v) is 1.69. The maximum atomic E-state index is 10.8. The van der Waals surface area contributed by atoms with E-state index < -0.39 is 0 Å². The molecule has 4 nitrogen and oxygen atoms in total. The summed E-state index contributed by atoms with van der Waals surface area (Å²) >= 11 is 0. The first-order valence-electron chi connectivity index (χ1n) is 4.05. The summed E-state index contributed by atoms with van der Waals surface area (Å²) in [5.74, 6) is 0.0558. The van der Waals surface area contributed by atoms with Gasteiger partial charge in [0.2, 0.25) is 0 Å². The van der Waals surface area contributed by atoms with Crippen molar-refractivity contribution >= 4 is 16.8 Å². The highest BCUT2D eigenvalue weighted by molar-refractivity contribution is 5.76. The van der Waals surface area contributed by atoms with Crippen LogP contribution in [-0.4, -0.2) is 20.8 Å². The van der Waals surface area contributed by atoms with Gasteiger partial charge in [-0.25, -0.2) is 0 Å². The highest BCUT2D eigenvalue weighted by Gasteiger charge is 2.02. The van der Waals surface area contributed by atoms with Crippen molar-refractivity contribution < 1.29 is 4.79 Å². The molecule has 1 aromatic heterocycles. The largest absolute Gasteiger partial charge is 0.298 e. The molecular formula is C9H9N3O. The zero-order chi connectivity index (χ0) is 9.26. The van der Waals surface area contributed by atoms with Gasteiger partial charge in [-0.1, -0.05) is 12.1 Å². The number of rotatable bonds is 2. The highest BCUT2D eigenvalue weighted by atomic mass is 16.1. The number of nitrogens with zero attached hydrogens (tertiary/aromatic N) is 3. The molecule has 0 spiro atoms. The predicted octanol–water partition coefficient (Wildman–Crippen LogP) is 1.02. The zero-order valence-corrected chi connectivity index (χ0v) is 7.27. The Bertz CT molecular complexity index is 414. The summed E-state index contributed by atoms with van der Waals surface area (Å²) in [7, 11) is 0. The lowest BCUT2D eigenvalue weighted by Gasteiger charge is -1.91. The van der Waals surface area contributed by atoms with Crippen molar-refractivity contribution in [2.75, 3.05) is 0 Å². The fraction of sp³-hybridized carbons (Fsp3) is 0.222. The van der Waals surface area contributed by atoms with Crippen molar-refractivity contribution in [3.8, 4) is 0 Å². The maximum Gasteiger partial charge on any atom is 0.153 e. The van der Waals surface area contributed by atoms with E-state index in [1.807, 2.05) is 24.3 Å². The van der Waals surface area contributed by atoms with Crippen LogP contribution in [0, 0.1) is 0 Å². The SMILES string of the molecule is CC(=O)Cn1nc2ccccc2n1. The van der Waals surface area contributed by atoms with Crippen molar-refractivity contribution in [2.45, 2.75) is 13.5 Å². The standard InChI is InChI=1S/C9H9N3O/c1-7(13)6-12-10-8-4-2-3-5-9(8)11-12/h2-5H,6H2,1H3. The fourth-order valence-corrected chi connectivity index (χ4v) is 1.17. The van der Waals surface area contributed by atoms with Crippen LogP contribution in [0.2, 0.25) is 0 Å². The van der Waals surface area contributed by atoms with Gasteiger partial charge >= 0.3 is 0 Å². The summed E-state index contributed by atoms with van der Waals surface area (Å²) in [6, 6.07) is 7.54. The van der Waals surface area contributed by atoms with Crippen LogP contribution < -0.4 is 0 Å². The second-order valence-electron chi connectivity index (χ2n) is 2.92. The average Bonchev–Trinajstić information content (AvgIpc) is 2.44. The molecular weight excluding hydrogens is 166 g/mol. The normalized spacial score (nSPS) is 10.5. The lowest BCUT2D eigenvalue weighted by atomic mass is 10.3. The molecule has 0 aliphatic carbocycles. The van der Waals surface area contributed by atoms with Crippen molar-refractivity contribution in [1.29, 1.82) is 0 Å². The van der Waals surface area contributed by atoms with Crippen LogP contribution in [0.5, 0.6) is 0 Å². The zero-order valence-electron chi connectivity index (χ0n) is 7.27. The van der Waals surface area contributed by atoms with Crippen LogP contribution in [0.4, 0.5) is 0 Å². The van der Waals surface area contributed by atoms with Gasteiger partial charge in [0.25, 0.3) is 0 Å².